The summed E-state index contributed by atoms with van der Waals surface area (Å²) >= 11 is 1.46. The fourth-order valence-corrected chi connectivity index (χ4v) is 2.53. The third-order valence-electron chi connectivity index (χ3n) is 2.75. The molecule has 5 nitrogen and oxygen atoms in total. The van der Waals surface area contributed by atoms with Crippen LogP contribution < -0.4 is 5.56 Å². The van der Waals surface area contributed by atoms with Gasteiger partial charge in [-0.05, 0) is 24.6 Å². The van der Waals surface area contributed by atoms with Crippen molar-refractivity contribution in [3.63, 3.8) is 0 Å². The Hall–Kier alpha value is -2.21. The molecule has 0 aliphatic heterocycles. The number of fused-ring (bicyclic) bond motifs is 1. The normalized spacial score (nSPS) is 10.8. The van der Waals surface area contributed by atoms with Crippen LogP contribution in [0.3, 0.4) is 0 Å². The molecule has 100 valence electrons. The zero-order valence-corrected chi connectivity index (χ0v) is 11.7. The monoisotopic (exact) mass is 284 g/mol. The fourth-order valence-electron chi connectivity index (χ4n) is 1.83. The number of pyridine rings is 1. The van der Waals surface area contributed by atoms with E-state index in [9.17, 15) is 4.79 Å². The predicted molar refractivity (Wildman–Crippen MR) is 77.8 cm³/mol. The van der Waals surface area contributed by atoms with E-state index < -0.39 is 0 Å². The Morgan fingerprint density at radius 3 is 2.85 bits per heavy atom. The van der Waals surface area contributed by atoms with Crippen molar-refractivity contribution in [1.29, 1.82) is 0 Å². The minimum atomic E-state index is -0.0664. The van der Waals surface area contributed by atoms with E-state index in [2.05, 4.69) is 15.0 Å². The van der Waals surface area contributed by atoms with Crippen LogP contribution in [0.1, 0.15) is 11.3 Å². The van der Waals surface area contributed by atoms with Crippen LogP contribution >= 0.6 is 11.8 Å². The third-order valence-corrected chi connectivity index (χ3v) is 3.66. The zero-order chi connectivity index (χ0) is 13.9. The zero-order valence-electron chi connectivity index (χ0n) is 10.9. The molecule has 0 fully saturated rings. The number of hydrogen-bond acceptors (Lipinski definition) is 5. The van der Waals surface area contributed by atoms with Crippen molar-refractivity contribution < 1.29 is 0 Å². The molecule has 3 aromatic heterocycles. The van der Waals surface area contributed by atoms with E-state index in [1.54, 1.807) is 35.1 Å². The molecule has 0 atom stereocenters. The Kier molecular flexibility index (Phi) is 3.47. The van der Waals surface area contributed by atoms with Crippen molar-refractivity contribution in [2.24, 2.45) is 0 Å². The van der Waals surface area contributed by atoms with Crippen LogP contribution in [0, 0.1) is 6.92 Å². The van der Waals surface area contributed by atoms with Gasteiger partial charge in [-0.25, -0.2) is 15.0 Å². The van der Waals surface area contributed by atoms with Crippen molar-refractivity contribution in [2.75, 3.05) is 0 Å². The van der Waals surface area contributed by atoms with Gasteiger partial charge in [-0.3, -0.25) is 9.20 Å². The van der Waals surface area contributed by atoms with E-state index in [-0.39, 0.29) is 5.56 Å². The van der Waals surface area contributed by atoms with Gasteiger partial charge in [0.15, 0.2) is 5.16 Å². The number of nitrogens with zero attached hydrogens (tertiary/aromatic N) is 4. The van der Waals surface area contributed by atoms with E-state index in [0.717, 1.165) is 11.3 Å². The Bertz CT molecular complexity index is 801. The minimum Gasteiger partial charge on any atom is -0.269 e. The first kappa shape index (κ1) is 12.8. The first-order valence-electron chi connectivity index (χ1n) is 6.11. The van der Waals surface area contributed by atoms with Gasteiger partial charge < -0.3 is 0 Å². The number of aryl methyl sites for hydroxylation is 1. The lowest BCUT2D eigenvalue weighted by Gasteiger charge is -2.04. The molecule has 3 rings (SSSR count). The summed E-state index contributed by atoms with van der Waals surface area (Å²) in [6, 6.07) is 7.12. The van der Waals surface area contributed by atoms with Gasteiger partial charge in [0, 0.05) is 30.4 Å². The van der Waals surface area contributed by atoms with Crippen molar-refractivity contribution in [3.05, 3.63) is 64.5 Å². The highest BCUT2D eigenvalue weighted by molar-refractivity contribution is 7.98. The van der Waals surface area contributed by atoms with E-state index >= 15 is 0 Å². The average molecular weight is 284 g/mol. The Morgan fingerprint density at radius 2 is 2.05 bits per heavy atom. The summed E-state index contributed by atoms with van der Waals surface area (Å²) in [5, 5.41) is 0.679. The minimum absolute atomic E-state index is 0.0664. The maximum Gasteiger partial charge on any atom is 0.258 e. The van der Waals surface area contributed by atoms with Crippen LogP contribution in [-0.2, 0) is 5.75 Å². The summed E-state index contributed by atoms with van der Waals surface area (Å²) in [4.78, 5) is 24.8. The molecule has 0 aliphatic carbocycles. The largest absolute Gasteiger partial charge is 0.269 e. The van der Waals surface area contributed by atoms with Crippen LogP contribution in [-0.4, -0.2) is 19.4 Å². The highest BCUT2D eigenvalue weighted by atomic mass is 32.2. The molecule has 0 unspecified atom stereocenters. The standard InChI is InChI=1S/C14H12N4OS/c1-10-3-4-12-17-11(7-13(19)18(12)8-10)9-20-14-15-5-2-6-16-14/h2-8H,9H2,1H3. The Morgan fingerprint density at radius 1 is 1.25 bits per heavy atom. The van der Waals surface area contributed by atoms with Gasteiger partial charge in [-0.15, -0.1) is 0 Å². The van der Waals surface area contributed by atoms with Crippen LogP contribution in [0.25, 0.3) is 5.65 Å². The molecular weight excluding hydrogens is 272 g/mol. The van der Waals surface area contributed by atoms with Crippen LogP contribution in [0.5, 0.6) is 0 Å². The predicted octanol–water partition coefficient (Wildman–Crippen LogP) is 2.09. The average Bonchev–Trinajstić information content (AvgIpc) is 2.47. The lowest BCUT2D eigenvalue weighted by Crippen LogP contribution is -2.15. The summed E-state index contributed by atoms with van der Waals surface area (Å²) in [6.45, 7) is 1.95. The SMILES string of the molecule is Cc1ccc2nc(CSc3ncccn3)cc(=O)n2c1. The molecule has 0 saturated heterocycles. The van der Waals surface area contributed by atoms with Crippen molar-refractivity contribution in [1.82, 2.24) is 19.4 Å². The molecule has 6 heteroatoms. The van der Waals surface area contributed by atoms with Crippen LogP contribution in [0.2, 0.25) is 0 Å². The highest BCUT2D eigenvalue weighted by Crippen LogP contribution is 2.16. The maximum absolute atomic E-state index is 12.0. The molecule has 0 aromatic carbocycles. The van der Waals surface area contributed by atoms with Gasteiger partial charge in [-0.2, -0.15) is 0 Å². The van der Waals surface area contributed by atoms with E-state index in [1.165, 1.54) is 11.8 Å². The summed E-state index contributed by atoms with van der Waals surface area (Å²) in [7, 11) is 0. The topological polar surface area (TPSA) is 60.2 Å². The number of rotatable bonds is 3. The molecule has 3 aromatic rings. The van der Waals surface area contributed by atoms with Gasteiger partial charge >= 0.3 is 0 Å². The smallest absolute Gasteiger partial charge is 0.258 e. The Labute approximate surface area is 119 Å². The number of hydrogen-bond donors (Lipinski definition) is 0. The molecule has 0 saturated carbocycles. The van der Waals surface area contributed by atoms with Crippen LogP contribution in [0.4, 0.5) is 0 Å². The summed E-state index contributed by atoms with van der Waals surface area (Å²) in [6.07, 6.45) is 5.18. The molecule has 0 N–H and O–H groups in total. The first-order chi connectivity index (χ1) is 9.72. The summed E-state index contributed by atoms with van der Waals surface area (Å²) < 4.78 is 1.56. The molecule has 0 bridgehead atoms. The maximum atomic E-state index is 12.0. The second kappa shape index (κ2) is 5.42. The van der Waals surface area contributed by atoms with Crippen molar-refractivity contribution in [2.45, 2.75) is 17.8 Å². The molecule has 0 spiro atoms. The number of thioether (sulfide) groups is 1. The van der Waals surface area contributed by atoms with Gasteiger partial charge in [0.1, 0.15) is 5.65 Å². The Balaban J connectivity index is 1.89. The summed E-state index contributed by atoms with van der Waals surface area (Å²) in [5.74, 6) is 0.573. The first-order valence-corrected chi connectivity index (χ1v) is 7.10. The van der Waals surface area contributed by atoms with Gasteiger partial charge in [0.05, 0.1) is 5.69 Å². The summed E-state index contributed by atoms with van der Waals surface area (Å²) in [5.41, 5.74) is 2.36. The molecule has 0 radical (unpaired) electrons. The molecular formula is C14H12N4OS. The fraction of sp³-hybridized carbons (Fsp3) is 0.143. The second-order valence-corrected chi connectivity index (χ2v) is 5.28. The number of aromatic nitrogens is 4. The molecule has 0 amide bonds. The van der Waals surface area contributed by atoms with Gasteiger partial charge in [0.2, 0.25) is 0 Å². The molecule has 20 heavy (non-hydrogen) atoms. The molecule has 3 heterocycles. The van der Waals surface area contributed by atoms with Gasteiger partial charge in [0.25, 0.3) is 5.56 Å². The van der Waals surface area contributed by atoms with Crippen molar-refractivity contribution in [3.8, 4) is 0 Å². The second-order valence-electron chi connectivity index (χ2n) is 4.34. The quantitative estimate of drug-likeness (QED) is 0.544. The third kappa shape index (κ3) is 2.70. The lowest BCUT2D eigenvalue weighted by atomic mass is 10.3. The van der Waals surface area contributed by atoms with Crippen molar-refractivity contribution >= 4 is 17.4 Å². The lowest BCUT2D eigenvalue weighted by molar-refractivity contribution is 0.960. The van der Waals surface area contributed by atoms with E-state index in [1.807, 2.05) is 19.1 Å². The van der Waals surface area contributed by atoms with Gasteiger partial charge in [-0.1, -0.05) is 17.8 Å². The van der Waals surface area contributed by atoms with Crippen LogP contribution in [0.15, 0.2) is 52.8 Å². The molecule has 0 aliphatic rings. The van der Waals surface area contributed by atoms with E-state index in [0.29, 0.717) is 16.6 Å². The van der Waals surface area contributed by atoms with E-state index in [4.69, 9.17) is 0 Å². The highest BCUT2D eigenvalue weighted by Gasteiger charge is 2.04.